The summed E-state index contributed by atoms with van der Waals surface area (Å²) in [6.07, 6.45) is 0. The average Bonchev–Trinajstić information content (AvgIpc) is 2.51. The number of para-hydroxylation sites is 1. The molecule has 0 amide bonds. The van der Waals surface area contributed by atoms with Crippen LogP contribution in [0.4, 0.5) is 0 Å². The van der Waals surface area contributed by atoms with Crippen LogP contribution in [-0.4, -0.2) is 65.6 Å². The number of aliphatic carboxylic acids is 2. The SMILES string of the molecule is COc1cccc(CN2CCOCC2)c1O.O=C(O)C(=O)O. The Morgan fingerprint density at radius 1 is 1.23 bits per heavy atom. The number of methoxy groups -OCH3 is 1. The van der Waals surface area contributed by atoms with E-state index in [9.17, 15) is 5.11 Å². The Morgan fingerprint density at radius 3 is 2.32 bits per heavy atom. The summed E-state index contributed by atoms with van der Waals surface area (Å²) in [5, 5.41) is 24.7. The molecular formula is C14H19NO7. The highest BCUT2D eigenvalue weighted by molar-refractivity contribution is 6.27. The average molecular weight is 313 g/mol. The summed E-state index contributed by atoms with van der Waals surface area (Å²) >= 11 is 0. The van der Waals surface area contributed by atoms with Crippen molar-refractivity contribution < 1.29 is 34.4 Å². The number of benzene rings is 1. The number of carbonyl (C=O) groups is 2. The van der Waals surface area contributed by atoms with Crippen molar-refractivity contribution in [1.29, 1.82) is 0 Å². The number of ether oxygens (including phenoxy) is 2. The summed E-state index contributed by atoms with van der Waals surface area (Å²) in [5.41, 5.74) is 0.904. The van der Waals surface area contributed by atoms with Gasteiger partial charge in [0.1, 0.15) is 0 Å². The van der Waals surface area contributed by atoms with Crippen molar-refractivity contribution in [2.45, 2.75) is 6.54 Å². The van der Waals surface area contributed by atoms with Crippen molar-refractivity contribution in [2.24, 2.45) is 0 Å². The van der Waals surface area contributed by atoms with Gasteiger partial charge in [-0.15, -0.1) is 0 Å². The van der Waals surface area contributed by atoms with Crippen LogP contribution in [0.15, 0.2) is 18.2 Å². The lowest BCUT2D eigenvalue weighted by Crippen LogP contribution is -2.35. The molecule has 0 bridgehead atoms. The molecule has 0 radical (unpaired) electrons. The van der Waals surface area contributed by atoms with Crippen LogP contribution in [0.1, 0.15) is 5.56 Å². The number of phenolic OH excluding ortho intramolecular Hbond substituents is 1. The van der Waals surface area contributed by atoms with Gasteiger partial charge in [0.2, 0.25) is 0 Å². The maximum Gasteiger partial charge on any atom is 0.414 e. The molecule has 122 valence electrons. The van der Waals surface area contributed by atoms with Crippen molar-refractivity contribution in [3.63, 3.8) is 0 Å². The van der Waals surface area contributed by atoms with Crippen LogP contribution in [0.2, 0.25) is 0 Å². The van der Waals surface area contributed by atoms with E-state index in [2.05, 4.69) is 4.90 Å². The third-order valence-corrected chi connectivity index (χ3v) is 2.98. The van der Waals surface area contributed by atoms with E-state index in [1.165, 1.54) is 0 Å². The van der Waals surface area contributed by atoms with Gasteiger partial charge in [-0.05, 0) is 6.07 Å². The quantitative estimate of drug-likeness (QED) is 0.686. The Hall–Kier alpha value is -2.32. The monoisotopic (exact) mass is 313 g/mol. The van der Waals surface area contributed by atoms with Crippen LogP contribution in [0.25, 0.3) is 0 Å². The predicted octanol–water partition coefficient (Wildman–Crippen LogP) is 0.389. The Balaban J connectivity index is 0.000000346. The molecule has 8 heteroatoms. The lowest BCUT2D eigenvalue weighted by Gasteiger charge is -2.26. The second kappa shape index (κ2) is 8.85. The van der Waals surface area contributed by atoms with Gasteiger partial charge in [0.15, 0.2) is 11.5 Å². The first-order chi connectivity index (χ1) is 10.5. The van der Waals surface area contributed by atoms with Crippen LogP contribution in [0, 0.1) is 0 Å². The van der Waals surface area contributed by atoms with E-state index in [1.54, 1.807) is 13.2 Å². The maximum absolute atomic E-state index is 9.94. The maximum atomic E-state index is 9.94. The third-order valence-electron chi connectivity index (χ3n) is 2.98. The molecule has 0 spiro atoms. The van der Waals surface area contributed by atoms with E-state index in [-0.39, 0.29) is 5.75 Å². The first kappa shape index (κ1) is 17.7. The van der Waals surface area contributed by atoms with E-state index >= 15 is 0 Å². The fraction of sp³-hybridized carbons (Fsp3) is 0.429. The topological polar surface area (TPSA) is 117 Å². The van der Waals surface area contributed by atoms with Gasteiger partial charge in [0.25, 0.3) is 0 Å². The molecule has 0 aliphatic carbocycles. The number of rotatable bonds is 3. The summed E-state index contributed by atoms with van der Waals surface area (Å²) in [6.45, 7) is 4.11. The zero-order chi connectivity index (χ0) is 16.5. The van der Waals surface area contributed by atoms with Gasteiger partial charge in [0.05, 0.1) is 20.3 Å². The normalized spacial score (nSPS) is 14.6. The highest BCUT2D eigenvalue weighted by atomic mass is 16.5. The summed E-state index contributed by atoms with van der Waals surface area (Å²) in [7, 11) is 1.56. The Kier molecular flexibility index (Phi) is 7.14. The lowest BCUT2D eigenvalue weighted by molar-refractivity contribution is -0.159. The minimum Gasteiger partial charge on any atom is -0.504 e. The van der Waals surface area contributed by atoms with Gasteiger partial charge in [-0.25, -0.2) is 9.59 Å². The molecule has 22 heavy (non-hydrogen) atoms. The number of phenols is 1. The van der Waals surface area contributed by atoms with Gasteiger partial charge < -0.3 is 24.8 Å². The number of carboxylic acid groups (broad SMARTS) is 2. The van der Waals surface area contributed by atoms with E-state index in [0.717, 1.165) is 38.4 Å². The van der Waals surface area contributed by atoms with Crippen molar-refractivity contribution in [2.75, 3.05) is 33.4 Å². The number of carboxylic acids is 2. The summed E-state index contributed by atoms with van der Waals surface area (Å²) in [5.74, 6) is -2.87. The number of nitrogens with zero attached hydrogens (tertiary/aromatic N) is 1. The highest BCUT2D eigenvalue weighted by Crippen LogP contribution is 2.30. The molecule has 0 aromatic heterocycles. The number of hydrogen-bond donors (Lipinski definition) is 3. The fourth-order valence-corrected chi connectivity index (χ4v) is 1.86. The molecular weight excluding hydrogens is 294 g/mol. The second-order valence-electron chi connectivity index (χ2n) is 4.47. The molecule has 1 heterocycles. The predicted molar refractivity (Wildman–Crippen MR) is 76.0 cm³/mol. The zero-order valence-corrected chi connectivity index (χ0v) is 12.2. The molecule has 3 N–H and O–H groups in total. The molecule has 0 atom stereocenters. The van der Waals surface area contributed by atoms with Crippen molar-refractivity contribution >= 4 is 11.9 Å². The second-order valence-corrected chi connectivity index (χ2v) is 4.47. The molecule has 1 fully saturated rings. The molecule has 2 rings (SSSR count). The van der Waals surface area contributed by atoms with E-state index in [1.807, 2.05) is 12.1 Å². The van der Waals surface area contributed by atoms with E-state index in [4.69, 9.17) is 29.3 Å². The molecule has 1 aliphatic rings. The highest BCUT2D eigenvalue weighted by Gasteiger charge is 2.14. The van der Waals surface area contributed by atoms with Gasteiger partial charge in [-0.2, -0.15) is 0 Å². The fourth-order valence-electron chi connectivity index (χ4n) is 1.86. The molecule has 0 unspecified atom stereocenters. The zero-order valence-electron chi connectivity index (χ0n) is 12.2. The summed E-state index contributed by atoms with van der Waals surface area (Å²) in [4.78, 5) is 20.5. The van der Waals surface area contributed by atoms with Crippen molar-refractivity contribution in [1.82, 2.24) is 4.90 Å². The molecule has 8 nitrogen and oxygen atoms in total. The largest absolute Gasteiger partial charge is 0.504 e. The van der Waals surface area contributed by atoms with Gasteiger partial charge >= 0.3 is 11.9 Å². The molecule has 1 aromatic carbocycles. The van der Waals surface area contributed by atoms with Crippen LogP contribution >= 0.6 is 0 Å². The van der Waals surface area contributed by atoms with Gasteiger partial charge in [-0.3, -0.25) is 4.90 Å². The van der Waals surface area contributed by atoms with Gasteiger partial charge in [0, 0.05) is 25.2 Å². The van der Waals surface area contributed by atoms with Crippen LogP contribution in [0.5, 0.6) is 11.5 Å². The Morgan fingerprint density at radius 2 is 1.82 bits per heavy atom. The van der Waals surface area contributed by atoms with E-state index < -0.39 is 11.9 Å². The first-order valence-corrected chi connectivity index (χ1v) is 6.57. The summed E-state index contributed by atoms with van der Waals surface area (Å²) < 4.78 is 10.4. The minimum atomic E-state index is -1.82. The summed E-state index contributed by atoms with van der Waals surface area (Å²) in [6, 6.07) is 5.58. The van der Waals surface area contributed by atoms with Crippen molar-refractivity contribution in [3.05, 3.63) is 23.8 Å². The smallest absolute Gasteiger partial charge is 0.414 e. The standard InChI is InChI=1S/C12H17NO3.C2H2O4/c1-15-11-4-2-3-10(12(11)14)9-13-5-7-16-8-6-13;3-1(4)2(5)6/h2-4,14H,5-9H2,1H3;(H,3,4)(H,5,6). The number of hydrogen-bond acceptors (Lipinski definition) is 6. The van der Waals surface area contributed by atoms with Crippen molar-refractivity contribution in [3.8, 4) is 11.5 Å². The van der Waals surface area contributed by atoms with Crippen LogP contribution in [-0.2, 0) is 20.9 Å². The van der Waals surface area contributed by atoms with E-state index in [0.29, 0.717) is 5.75 Å². The van der Waals surface area contributed by atoms with Crippen LogP contribution < -0.4 is 4.74 Å². The Bertz CT molecular complexity index is 500. The molecule has 1 aliphatic heterocycles. The first-order valence-electron chi connectivity index (χ1n) is 6.57. The minimum absolute atomic E-state index is 0.247. The number of morpholine rings is 1. The molecule has 0 saturated carbocycles. The molecule has 1 aromatic rings. The number of aromatic hydroxyl groups is 1. The Labute approximate surface area is 127 Å². The van der Waals surface area contributed by atoms with Gasteiger partial charge in [-0.1, -0.05) is 12.1 Å². The van der Waals surface area contributed by atoms with Crippen LogP contribution in [0.3, 0.4) is 0 Å². The molecule has 1 saturated heterocycles. The third kappa shape index (κ3) is 5.58. The lowest BCUT2D eigenvalue weighted by atomic mass is 10.1.